The number of methoxy groups -OCH3 is 1. The highest BCUT2D eigenvalue weighted by molar-refractivity contribution is 5.94. The molecular formula is C22H21N5O3. The van der Waals surface area contributed by atoms with E-state index in [0.29, 0.717) is 29.2 Å². The summed E-state index contributed by atoms with van der Waals surface area (Å²) in [4.78, 5) is 33.9. The van der Waals surface area contributed by atoms with Gasteiger partial charge in [0, 0.05) is 36.5 Å². The van der Waals surface area contributed by atoms with Crippen LogP contribution in [0.2, 0.25) is 0 Å². The zero-order valence-corrected chi connectivity index (χ0v) is 16.6. The summed E-state index contributed by atoms with van der Waals surface area (Å²) >= 11 is 0. The highest BCUT2D eigenvalue weighted by Gasteiger charge is 2.18. The van der Waals surface area contributed by atoms with Crippen molar-refractivity contribution < 1.29 is 9.53 Å². The minimum absolute atomic E-state index is 0.194. The van der Waals surface area contributed by atoms with Crippen molar-refractivity contribution in [2.75, 3.05) is 7.11 Å². The zero-order valence-electron chi connectivity index (χ0n) is 16.6. The molecule has 0 spiro atoms. The number of nitrogens with zero attached hydrogens (tertiary/aromatic N) is 3. The first-order valence-corrected chi connectivity index (χ1v) is 9.47. The SMILES string of the molecule is COc1ccc(C(=O)NC(Cc2cc(=O)n3[nH]c(C)cc3n2)c2ccccc2)cn1. The Bertz CT molecular complexity index is 1230. The average molecular weight is 403 g/mol. The average Bonchev–Trinajstić information content (AvgIpc) is 3.14. The number of aryl methyl sites for hydroxylation is 1. The molecule has 0 aliphatic heterocycles. The van der Waals surface area contributed by atoms with Gasteiger partial charge in [-0.05, 0) is 18.6 Å². The number of hydrogen-bond acceptors (Lipinski definition) is 5. The second-order valence-corrected chi connectivity index (χ2v) is 6.95. The van der Waals surface area contributed by atoms with Gasteiger partial charge in [0.2, 0.25) is 5.88 Å². The number of pyridine rings is 1. The molecule has 8 heteroatoms. The van der Waals surface area contributed by atoms with Crippen molar-refractivity contribution in [3.63, 3.8) is 0 Å². The summed E-state index contributed by atoms with van der Waals surface area (Å²) in [6.07, 6.45) is 1.84. The molecule has 2 N–H and O–H groups in total. The minimum atomic E-state index is -0.366. The molecule has 152 valence electrons. The van der Waals surface area contributed by atoms with Crippen LogP contribution < -0.4 is 15.6 Å². The monoisotopic (exact) mass is 403 g/mol. The van der Waals surface area contributed by atoms with Crippen molar-refractivity contribution in [2.24, 2.45) is 0 Å². The van der Waals surface area contributed by atoms with E-state index in [4.69, 9.17) is 4.74 Å². The number of carbonyl (C=O) groups excluding carboxylic acids is 1. The van der Waals surface area contributed by atoms with E-state index >= 15 is 0 Å². The van der Waals surface area contributed by atoms with Crippen LogP contribution in [0, 0.1) is 6.92 Å². The molecule has 0 aliphatic rings. The van der Waals surface area contributed by atoms with Gasteiger partial charge in [-0.25, -0.2) is 14.5 Å². The highest BCUT2D eigenvalue weighted by Crippen LogP contribution is 2.19. The van der Waals surface area contributed by atoms with Crippen LogP contribution in [0.25, 0.3) is 5.65 Å². The molecule has 4 rings (SSSR count). The van der Waals surface area contributed by atoms with Gasteiger partial charge in [0.1, 0.15) is 0 Å². The van der Waals surface area contributed by atoms with E-state index in [9.17, 15) is 9.59 Å². The van der Waals surface area contributed by atoms with E-state index in [1.165, 1.54) is 23.9 Å². The van der Waals surface area contributed by atoms with E-state index in [1.807, 2.05) is 43.3 Å². The summed E-state index contributed by atoms with van der Waals surface area (Å²) in [6.45, 7) is 1.86. The lowest BCUT2D eigenvalue weighted by molar-refractivity contribution is 0.0936. The molecule has 4 aromatic rings. The lowest BCUT2D eigenvalue weighted by atomic mass is 10.0. The van der Waals surface area contributed by atoms with Crippen molar-refractivity contribution in [3.05, 3.63) is 93.7 Å². The molecule has 1 aromatic carbocycles. The van der Waals surface area contributed by atoms with Gasteiger partial charge in [0.25, 0.3) is 11.5 Å². The third-order valence-electron chi connectivity index (χ3n) is 4.76. The molecule has 0 bridgehead atoms. The van der Waals surface area contributed by atoms with Crippen molar-refractivity contribution in [2.45, 2.75) is 19.4 Å². The van der Waals surface area contributed by atoms with Gasteiger partial charge in [0.05, 0.1) is 24.4 Å². The van der Waals surface area contributed by atoms with Crippen LogP contribution in [0.3, 0.4) is 0 Å². The molecule has 0 radical (unpaired) electrons. The van der Waals surface area contributed by atoms with Gasteiger partial charge in [-0.2, -0.15) is 0 Å². The van der Waals surface area contributed by atoms with Gasteiger partial charge >= 0.3 is 0 Å². The predicted octanol–water partition coefficient (Wildman–Crippen LogP) is 2.45. The molecule has 8 nitrogen and oxygen atoms in total. The summed E-state index contributed by atoms with van der Waals surface area (Å²) in [7, 11) is 1.52. The summed E-state index contributed by atoms with van der Waals surface area (Å²) < 4.78 is 6.44. The lowest BCUT2D eigenvalue weighted by Gasteiger charge is -2.19. The number of H-pyrrole nitrogens is 1. The van der Waals surface area contributed by atoms with Gasteiger partial charge < -0.3 is 10.1 Å². The fourth-order valence-corrected chi connectivity index (χ4v) is 3.29. The number of amides is 1. The molecule has 3 heterocycles. The molecule has 3 aromatic heterocycles. The van der Waals surface area contributed by atoms with E-state index in [0.717, 1.165) is 11.3 Å². The fourth-order valence-electron chi connectivity index (χ4n) is 3.29. The van der Waals surface area contributed by atoms with Crippen LogP contribution in [-0.4, -0.2) is 32.6 Å². The minimum Gasteiger partial charge on any atom is -0.481 e. The quantitative estimate of drug-likeness (QED) is 0.515. The first-order chi connectivity index (χ1) is 14.5. The van der Waals surface area contributed by atoms with Crippen LogP contribution in [0.4, 0.5) is 0 Å². The van der Waals surface area contributed by atoms with Gasteiger partial charge in [0.15, 0.2) is 5.65 Å². The summed E-state index contributed by atoms with van der Waals surface area (Å²) in [5, 5.41) is 5.99. The first-order valence-electron chi connectivity index (χ1n) is 9.47. The number of aromatic amines is 1. The molecule has 30 heavy (non-hydrogen) atoms. The molecule has 0 fully saturated rings. The molecule has 1 amide bonds. The number of fused-ring (bicyclic) bond motifs is 1. The number of rotatable bonds is 6. The van der Waals surface area contributed by atoms with Crippen molar-refractivity contribution >= 4 is 11.6 Å². The summed E-state index contributed by atoms with van der Waals surface area (Å²) in [5.41, 5.74) is 3.13. The standard InChI is InChI=1S/C22H21N5O3/c1-14-10-19-24-17(12-21(28)27(19)26-14)11-18(15-6-4-3-5-7-15)25-22(29)16-8-9-20(30-2)23-13-16/h3-10,12-13,18,26H,11H2,1-2H3,(H,25,29). The topological polar surface area (TPSA) is 101 Å². The molecular weight excluding hydrogens is 382 g/mol. The highest BCUT2D eigenvalue weighted by atomic mass is 16.5. The maximum absolute atomic E-state index is 12.8. The maximum atomic E-state index is 12.8. The fraction of sp³-hybridized carbons (Fsp3) is 0.182. The Labute approximate surface area is 172 Å². The summed E-state index contributed by atoms with van der Waals surface area (Å²) in [6, 6.07) is 15.8. The van der Waals surface area contributed by atoms with Crippen LogP contribution in [-0.2, 0) is 6.42 Å². The smallest absolute Gasteiger partial charge is 0.272 e. The maximum Gasteiger partial charge on any atom is 0.272 e. The predicted molar refractivity (Wildman–Crippen MR) is 112 cm³/mol. The number of nitrogens with one attached hydrogen (secondary N) is 2. The molecule has 0 saturated heterocycles. The molecule has 0 saturated carbocycles. The Morgan fingerprint density at radius 1 is 1.20 bits per heavy atom. The third-order valence-corrected chi connectivity index (χ3v) is 4.76. The number of benzene rings is 1. The Hall–Kier alpha value is -3.94. The molecule has 1 unspecified atom stereocenters. The van der Waals surface area contributed by atoms with Gasteiger partial charge in [-0.1, -0.05) is 30.3 Å². The van der Waals surface area contributed by atoms with Crippen LogP contribution >= 0.6 is 0 Å². The Kier molecular flexibility index (Phi) is 5.30. The van der Waals surface area contributed by atoms with Crippen molar-refractivity contribution in [1.82, 2.24) is 24.9 Å². The Balaban J connectivity index is 1.63. The van der Waals surface area contributed by atoms with E-state index in [1.54, 1.807) is 12.1 Å². The van der Waals surface area contributed by atoms with Crippen LogP contribution in [0.15, 0.2) is 65.6 Å². The summed E-state index contributed by atoms with van der Waals surface area (Å²) in [5.74, 6) is 0.167. The Morgan fingerprint density at radius 2 is 2.00 bits per heavy atom. The third kappa shape index (κ3) is 4.07. The van der Waals surface area contributed by atoms with Crippen LogP contribution in [0.1, 0.15) is 33.4 Å². The number of carbonyl (C=O) groups is 1. The van der Waals surface area contributed by atoms with E-state index in [-0.39, 0.29) is 17.5 Å². The first kappa shape index (κ1) is 19.4. The van der Waals surface area contributed by atoms with E-state index < -0.39 is 0 Å². The van der Waals surface area contributed by atoms with Crippen molar-refractivity contribution in [3.8, 4) is 5.88 Å². The number of aromatic nitrogens is 4. The molecule has 0 aliphatic carbocycles. The second kappa shape index (κ2) is 8.20. The largest absolute Gasteiger partial charge is 0.481 e. The Morgan fingerprint density at radius 3 is 2.70 bits per heavy atom. The normalized spacial score (nSPS) is 11.9. The van der Waals surface area contributed by atoms with Gasteiger partial charge in [-0.3, -0.25) is 14.7 Å². The van der Waals surface area contributed by atoms with E-state index in [2.05, 4.69) is 20.4 Å². The number of hydrogen-bond donors (Lipinski definition) is 2. The zero-order chi connectivity index (χ0) is 21.1. The van der Waals surface area contributed by atoms with Gasteiger partial charge in [-0.15, -0.1) is 0 Å². The van der Waals surface area contributed by atoms with Crippen LogP contribution in [0.5, 0.6) is 5.88 Å². The number of ether oxygens (including phenoxy) is 1. The van der Waals surface area contributed by atoms with Crippen molar-refractivity contribution in [1.29, 1.82) is 0 Å². The second-order valence-electron chi connectivity index (χ2n) is 6.95. The molecule has 1 atom stereocenters. The lowest BCUT2D eigenvalue weighted by Crippen LogP contribution is -2.30.